The number of ketones is 1. The Morgan fingerprint density at radius 3 is 2.33 bits per heavy atom. The van der Waals surface area contributed by atoms with Gasteiger partial charge >= 0.3 is 0 Å². The minimum atomic E-state index is -1.12. The zero-order valence-corrected chi connectivity index (χ0v) is 19.9. The summed E-state index contributed by atoms with van der Waals surface area (Å²) in [7, 11) is 1.45. The summed E-state index contributed by atoms with van der Waals surface area (Å²) >= 11 is 12.1. The number of imide groups is 1. The highest BCUT2D eigenvalue weighted by molar-refractivity contribution is 6.37. The molecule has 10 nitrogen and oxygen atoms in total. The number of carbonyl (C=O) groups is 4. The highest BCUT2D eigenvalue weighted by Gasteiger charge is 2.46. The Hall–Kier alpha value is -4.28. The molecule has 0 N–H and O–H groups in total. The van der Waals surface area contributed by atoms with E-state index >= 15 is 0 Å². The summed E-state index contributed by atoms with van der Waals surface area (Å²) in [5, 5.41) is 12.7. The van der Waals surface area contributed by atoms with Gasteiger partial charge in [-0.15, -0.1) is 0 Å². The molecule has 0 radical (unpaired) electrons. The molecule has 0 aliphatic carbocycles. The van der Waals surface area contributed by atoms with Gasteiger partial charge in [-0.05, 0) is 48.5 Å². The van der Waals surface area contributed by atoms with Gasteiger partial charge in [-0.3, -0.25) is 29.3 Å². The first kappa shape index (κ1) is 24.8. The van der Waals surface area contributed by atoms with E-state index in [2.05, 4.69) is 0 Å². The van der Waals surface area contributed by atoms with Crippen LogP contribution in [0.4, 0.5) is 5.69 Å². The quantitative estimate of drug-likeness (QED) is 0.192. The largest absolute Gasteiger partial charge is 0.497 e. The number of methoxy groups -OCH3 is 1. The molecule has 0 spiro atoms. The highest BCUT2D eigenvalue weighted by Crippen LogP contribution is 2.33. The first-order chi connectivity index (χ1) is 17.1. The molecule has 1 aliphatic rings. The van der Waals surface area contributed by atoms with Crippen molar-refractivity contribution in [2.75, 3.05) is 13.7 Å². The van der Waals surface area contributed by atoms with Gasteiger partial charge in [0, 0.05) is 16.7 Å². The molecule has 3 amide bonds. The number of rotatable bonds is 7. The van der Waals surface area contributed by atoms with Gasteiger partial charge in [0.2, 0.25) is 0 Å². The highest BCUT2D eigenvalue weighted by atomic mass is 35.5. The molecular formula is C24H15Cl2N3O7. The fraction of sp³-hybridized carbons (Fsp3) is 0.0833. The molecule has 0 saturated carbocycles. The third-order valence-electron chi connectivity index (χ3n) is 5.41. The SMILES string of the molecule is COc1ccc(C(=O)CN(C(=O)c2ccc(Cl)cc2Cl)N2C(=O)c3cccc([N+](=O)[O-])c3C2=O)cc1. The van der Waals surface area contributed by atoms with Crippen molar-refractivity contribution in [2.24, 2.45) is 0 Å². The Morgan fingerprint density at radius 2 is 1.72 bits per heavy atom. The smallest absolute Gasteiger partial charge is 0.287 e. The van der Waals surface area contributed by atoms with Gasteiger partial charge < -0.3 is 4.74 Å². The summed E-state index contributed by atoms with van der Waals surface area (Å²) in [6.07, 6.45) is 0. The second kappa shape index (κ2) is 9.76. The van der Waals surface area contributed by atoms with Gasteiger partial charge in [0.05, 0.1) is 28.2 Å². The van der Waals surface area contributed by atoms with E-state index in [4.69, 9.17) is 27.9 Å². The van der Waals surface area contributed by atoms with E-state index in [0.29, 0.717) is 15.8 Å². The first-order valence-electron chi connectivity index (χ1n) is 10.2. The van der Waals surface area contributed by atoms with Gasteiger partial charge in [0.1, 0.15) is 17.9 Å². The van der Waals surface area contributed by atoms with Crippen LogP contribution in [0.25, 0.3) is 0 Å². The van der Waals surface area contributed by atoms with Crippen LogP contribution in [0, 0.1) is 10.1 Å². The predicted octanol–water partition coefficient (Wildman–Crippen LogP) is 4.45. The van der Waals surface area contributed by atoms with Gasteiger partial charge in [0.15, 0.2) is 5.78 Å². The summed E-state index contributed by atoms with van der Waals surface area (Å²) in [4.78, 5) is 63.8. The van der Waals surface area contributed by atoms with Crippen LogP contribution < -0.4 is 4.74 Å². The number of carbonyl (C=O) groups excluding carboxylic acids is 4. The number of fused-ring (bicyclic) bond motifs is 1. The lowest BCUT2D eigenvalue weighted by atomic mass is 10.1. The second-order valence-corrected chi connectivity index (χ2v) is 8.36. The Bertz CT molecular complexity index is 1440. The second-order valence-electron chi connectivity index (χ2n) is 7.52. The van der Waals surface area contributed by atoms with Crippen molar-refractivity contribution >= 4 is 52.4 Å². The first-order valence-corrected chi connectivity index (χ1v) is 11.0. The van der Waals surface area contributed by atoms with Crippen molar-refractivity contribution in [3.63, 3.8) is 0 Å². The van der Waals surface area contributed by atoms with E-state index in [1.807, 2.05) is 0 Å². The fourth-order valence-electron chi connectivity index (χ4n) is 3.67. The number of nitro benzene ring substituents is 1. The van der Waals surface area contributed by atoms with E-state index < -0.39 is 46.2 Å². The average molecular weight is 528 g/mol. The molecule has 0 fully saturated rings. The molecule has 1 aliphatic heterocycles. The Labute approximate surface area is 213 Å². The van der Waals surface area contributed by atoms with E-state index in [1.165, 1.54) is 61.7 Å². The Kier molecular flexibility index (Phi) is 6.73. The lowest BCUT2D eigenvalue weighted by molar-refractivity contribution is -0.385. The summed E-state index contributed by atoms with van der Waals surface area (Å²) in [5.41, 5.74) is -1.34. The van der Waals surface area contributed by atoms with Crippen LogP contribution in [-0.2, 0) is 0 Å². The van der Waals surface area contributed by atoms with E-state index in [-0.39, 0.29) is 26.7 Å². The van der Waals surface area contributed by atoms with Crippen molar-refractivity contribution in [3.05, 3.63) is 103 Å². The lowest BCUT2D eigenvalue weighted by Gasteiger charge is -2.29. The maximum absolute atomic E-state index is 13.5. The van der Waals surface area contributed by atoms with Crippen molar-refractivity contribution in [2.45, 2.75) is 0 Å². The van der Waals surface area contributed by atoms with Crippen LogP contribution in [-0.4, -0.2) is 52.1 Å². The van der Waals surface area contributed by atoms with Crippen LogP contribution >= 0.6 is 23.2 Å². The maximum atomic E-state index is 13.5. The van der Waals surface area contributed by atoms with Crippen molar-refractivity contribution in [1.29, 1.82) is 0 Å². The zero-order chi connectivity index (χ0) is 26.1. The number of nitrogens with zero attached hydrogens (tertiary/aromatic N) is 3. The third kappa shape index (κ3) is 4.39. The minimum Gasteiger partial charge on any atom is -0.497 e. The van der Waals surface area contributed by atoms with E-state index in [9.17, 15) is 29.3 Å². The van der Waals surface area contributed by atoms with Crippen LogP contribution in [0.1, 0.15) is 41.4 Å². The molecule has 4 rings (SSSR count). The molecular weight excluding hydrogens is 513 g/mol. The molecule has 3 aromatic carbocycles. The topological polar surface area (TPSA) is 127 Å². The molecule has 0 unspecified atom stereocenters. The number of benzene rings is 3. The van der Waals surface area contributed by atoms with E-state index in [1.54, 1.807) is 0 Å². The van der Waals surface area contributed by atoms with Crippen LogP contribution in [0.2, 0.25) is 10.0 Å². The summed E-state index contributed by atoms with van der Waals surface area (Å²) in [5.74, 6) is -3.22. The van der Waals surface area contributed by atoms with Crippen LogP contribution in [0.3, 0.4) is 0 Å². The average Bonchev–Trinajstić information content (AvgIpc) is 3.11. The zero-order valence-electron chi connectivity index (χ0n) is 18.4. The number of hydrogen-bond acceptors (Lipinski definition) is 7. The number of ether oxygens (including phenoxy) is 1. The molecule has 0 saturated heterocycles. The van der Waals surface area contributed by atoms with Gasteiger partial charge in [-0.1, -0.05) is 29.3 Å². The van der Waals surface area contributed by atoms with Crippen molar-refractivity contribution in [1.82, 2.24) is 10.0 Å². The fourth-order valence-corrected chi connectivity index (χ4v) is 4.16. The molecule has 1 heterocycles. The monoisotopic (exact) mass is 527 g/mol. The summed E-state index contributed by atoms with van der Waals surface area (Å²) in [6.45, 7) is -0.747. The van der Waals surface area contributed by atoms with Crippen molar-refractivity contribution in [3.8, 4) is 5.75 Å². The molecule has 36 heavy (non-hydrogen) atoms. The molecule has 0 bridgehead atoms. The molecule has 0 atom stereocenters. The molecule has 12 heteroatoms. The Balaban J connectivity index is 1.79. The van der Waals surface area contributed by atoms with E-state index in [0.717, 1.165) is 6.07 Å². The standard InChI is InChI=1S/C24H15Cl2N3O7/c1-36-15-8-5-13(6-9-15)20(30)12-27(22(31)16-10-7-14(25)11-18(16)26)28-23(32)17-3-2-4-19(29(34)35)21(17)24(28)33/h2-11H,12H2,1H3. The molecule has 0 aromatic heterocycles. The number of halogens is 2. The number of hydrazine groups is 1. The number of hydrogen-bond donors (Lipinski definition) is 0. The van der Waals surface area contributed by atoms with Gasteiger partial charge in [-0.25, -0.2) is 5.01 Å². The van der Waals surface area contributed by atoms with Crippen molar-refractivity contribution < 1.29 is 28.8 Å². The van der Waals surface area contributed by atoms with Crippen LogP contribution in [0.15, 0.2) is 60.7 Å². The molecule has 3 aromatic rings. The summed E-state index contributed by atoms with van der Waals surface area (Å²) < 4.78 is 5.07. The lowest BCUT2D eigenvalue weighted by Crippen LogP contribution is -2.51. The Morgan fingerprint density at radius 1 is 1.03 bits per heavy atom. The van der Waals surface area contributed by atoms with Gasteiger partial charge in [0.25, 0.3) is 23.4 Å². The number of amides is 3. The number of nitro groups is 1. The molecule has 182 valence electrons. The number of Topliss-reactive ketones (excluding diaryl/α,β-unsaturated/α-hetero) is 1. The third-order valence-corrected chi connectivity index (χ3v) is 5.96. The maximum Gasteiger partial charge on any atom is 0.287 e. The predicted molar refractivity (Wildman–Crippen MR) is 128 cm³/mol. The minimum absolute atomic E-state index is 0.0861. The van der Waals surface area contributed by atoms with Crippen LogP contribution in [0.5, 0.6) is 5.75 Å². The summed E-state index contributed by atoms with van der Waals surface area (Å²) in [6, 6.07) is 13.4. The van der Waals surface area contributed by atoms with Gasteiger partial charge in [-0.2, -0.15) is 5.01 Å². The normalized spacial score (nSPS) is 12.4.